The lowest BCUT2D eigenvalue weighted by atomic mass is 9.91. The molecule has 0 saturated carbocycles. The van der Waals surface area contributed by atoms with Crippen LogP contribution in [0.4, 0.5) is 46.5 Å². The van der Waals surface area contributed by atoms with E-state index in [9.17, 15) is 56.9 Å². The molecule has 8 nitrogen and oxygen atoms in total. The molecule has 0 atom stereocenters. The Morgan fingerprint density at radius 3 is 1.25 bits per heavy atom. The van der Waals surface area contributed by atoms with Crippen LogP contribution in [-0.2, 0) is 37.0 Å². The lowest BCUT2D eigenvalue weighted by Crippen LogP contribution is -2.38. The van der Waals surface area contributed by atoms with E-state index in [0.29, 0.717) is 10.8 Å². The van der Waals surface area contributed by atoms with Gasteiger partial charge in [0.15, 0.2) is 0 Å². The van der Waals surface area contributed by atoms with Crippen molar-refractivity contribution < 1.29 is 61.4 Å². The van der Waals surface area contributed by atoms with Gasteiger partial charge in [0.1, 0.15) is 11.6 Å². The van der Waals surface area contributed by atoms with Crippen LogP contribution < -0.4 is 8.15 Å². The van der Waals surface area contributed by atoms with Gasteiger partial charge in [-0.05, 0) is 70.1 Å². The summed E-state index contributed by atoms with van der Waals surface area (Å²) in [5.74, 6) is -3.48. The van der Waals surface area contributed by atoms with Gasteiger partial charge in [0.05, 0.1) is 32.3 Å². The van der Waals surface area contributed by atoms with Crippen molar-refractivity contribution in [2.75, 3.05) is 8.15 Å². The third-order valence-electron chi connectivity index (χ3n) is 8.40. The van der Waals surface area contributed by atoms with Gasteiger partial charge in [0.2, 0.25) is 0 Å². The molecular weight excluding hydrogens is 779 g/mol. The third-order valence-corrected chi connectivity index (χ3v) is 15.3. The summed E-state index contributed by atoms with van der Waals surface area (Å²) in [6.07, 6.45) is -10.7. The molecule has 0 bridgehead atoms. The third kappa shape index (κ3) is 5.89. The Hall–Kier alpha value is -5.03. The average molecular weight is 799 g/mol. The maximum absolute atomic E-state index is 15.1. The first-order valence-corrected chi connectivity index (χ1v) is 19.3. The minimum absolute atomic E-state index is 0.0341. The van der Waals surface area contributed by atoms with Crippen molar-refractivity contribution in [3.8, 4) is 11.1 Å². The minimum atomic E-state index is -6.50. The highest BCUT2D eigenvalue weighted by Crippen LogP contribution is 2.65. The summed E-state index contributed by atoms with van der Waals surface area (Å²) >= 11 is 0. The zero-order chi connectivity index (χ0) is 38.5. The molecule has 274 valence electrons. The molecule has 7 rings (SSSR count). The largest absolute Gasteiger partial charge is 0.422 e. The van der Waals surface area contributed by atoms with Crippen molar-refractivity contribution in [3.63, 3.8) is 0 Å². The van der Waals surface area contributed by atoms with E-state index >= 15 is 4.57 Å². The molecular formula is C34H19F8N2O6PS2. The summed E-state index contributed by atoms with van der Waals surface area (Å²) in [5.41, 5.74) is -5.66. The van der Waals surface area contributed by atoms with E-state index < -0.39 is 84.0 Å². The maximum atomic E-state index is 15.1. The molecule has 1 N–H and O–H groups in total. The number of fused-ring (bicyclic) bond motifs is 7. The minimum Gasteiger partial charge on any atom is -0.312 e. The topological polar surface area (TPSA) is 112 Å². The fraction of sp³-hybridized carbons (Fsp3) is 0.0588. The van der Waals surface area contributed by atoms with E-state index in [1.807, 2.05) is 0 Å². The van der Waals surface area contributed by atoms with E-state index in [1.54, 1.807) is 24.3 Å². The fourth-order valence-electron chi connectivity index (χ4n) is 6.21. The number of hydrogen-bond donors (Lipinski definition) is 1. The quantitative estimate of drug-likeness (QED) is 0.141. The molecule has 1 aliphatic rings. The number of nitrogens with zero attached hydrogens (tertiary/aromatic N) is 2. The summed E-state index contributed by atoms with van der Waals surface area (Å²) < 4.78 is 185. The summed E-state index contributed by atoms with van der Waals surface area (Å²) in [6.45, 7) is 0. The van der Waals surface area contributed by atoms with Crippen LogP contribution >= 0.6 is 7.67 Å². The van der Waals surface area contributed by atoms with E-state index in [2.05, 4.69) is 0 Å². The molecule has 0 aromatic heterocycles. The Morgan fingerprint density at radius 1 is 0.528 bits per heavy atom. The Balaban J connectivity index is 1.67. The zero-order valence-corrected chi connectivity index (χ0v) is 28.6. The highest BCUT2D eigenvalue weighted by atomic mass is 32.2. The molecule has 1 aliphatic heterocycles. The predicted molar refractivity (Wildman–Crippen MR) is 179 cm³/mol. The first-order valence-electron chi connectivity index (χ1n) is 14.9. The lowest BCUT2D eigenvalue weighted by molar-refractivity contribution is -0.138. The Labute approximate surface area is 294 Å². The molecule has 0 spiro atoms. The molecule has 0 amide bonds. The first kappa shape index (κ1) is 36.3. The second kappa shape index (κ2) is 12.0. The molecule has 0 unspecified atom stereocenters. The number of alkyl halides is 6. The van der Waals surface area contributed by atoms with Crippen LogP contribution in [0.5, 0.6) is 0 Å². The number of halogens is 8. The summed E-state index contributed by atoms with van der Waals surface area (Å²) in [6, 6.07) is 16.6. The summed E-state index contributed by atoms with van der Waals surface area (Å²) in [5, 5.41) is 0.970. The molecule has 6 aromatic rings. The second-order valence-corrected chi connectivity index (χ2v) is 17.7. The van der Waals surface area contributed by atoms with Gasteiger partial charge in [-0.15, -0.1) is 0 Å². The van der Waals surface area contributed by atoms with Gasteiger partial charge in [-0.1, -0.05) is 60.7 Å². The van der Waals surface area contributed by atoms with Crippen molar-refractivity contribution in [1.29, 1.82) is 0 Å². The van der Waals surface area contributed by atoms with E-state index in [1.165, 1.54) is 36.4 Å². The van der Waals surface area contributed by atoms with Crippen LogP contribution in [-0.4, -0.2) is 21.7 Å². The van der Waals surface area contributed by atoms with Gasteiger partial charge in [-0.2, -0.15) is 34.5 Å². The van der Waals surface area contributed by atoms with Crippen LogP contribution in [0.15, 0.2) is 119 Å². The molecule has 53 heavy (non-hydrogen) atoms. The average Bonchev–Trinajstić information content (AvgIpc) is 3.16. The maximum Gasteiger partial charge on any atom is 0.422 e. The van der Waals surface area contributed by atoms with Crippen molar-refractivity contribution in [3.05, 3.63) is 132 Å². The summed E-state index contributed by atoms with van der Waals surface area (Å²) in [4.78, 5) is 9.06. The summed E-state index contributed by atoms with van der Waals surface area (Å²) in [7, 11) is -18.4. The number of rotatable bonds is 4. The molecule has 0 saturated heterocycles. The van der Waals surface area contributed by atoms with E-state index in [-0.39, 0.29) is 66.4 Å². The van der Waals surface area contributed by atoms with Gasteiger partial charge >= 0.3 is 20.0 Å². The standard InChI is InChI=1S/C34H19F8N2O6PS2/c35-23-13-21(33(37,38)39)15-25(17-23)52(47,48)43-29-11-9-19-5-1-3-7-27(19)31(29)32-28-8-4-2-6-20(28)10-12-30(32)44(51(43,45)46)53(49,50)26-16-22(34(40,41)42)14-24(36)18-26/h1-18H,(H,45,46). The molecule has 0 aliphatic carbocycles. The normalized spacial score (nSPS) is 15.0. The van der Waals surface area contributed by atoms with Gasteiger partial charge in [-0.3, -0.25) is 0 Å². The van der Waals surface area contributed by atoms with E-state index in [4.69, 9.17) is 0 Å². The van der Waals surface area contributed by atoms with Crippen LogP contribution in [0.2, 0.25) is 0 Å². The number of sulfonamides is 2. The van der Waals surface area contributed by atoms with Crippen molar-refractivity contribution in [2.24, 2.45) is 0 Å². The van der Waals surface area contributed by atoms with Gasteiger partial charge in [0, 0.05) is 11.1 Å². The van der Waals surface area contributed by atoms with Crippen LogP contribution in [0.25, 0.3) is 32.7 Å². The molecule has 0 radical (unpaired) electrons. The van der Waals surface area contributed by atoms with Gasteiger partial charge in [0.25, 0.3) is 20.0 Å². The van der Waals surface area contributed by atoms with Crippen molar-refractivity contribution >= 4 is 60.6 Å². The van der Waals surface area contributed by atoms with Crippen LogP contribution in [0.3, 0.4) is 0 Å². The van der Waals surface area contributed by atoms with Gasteiger partial charge in [-0.25, -0.2) is 30.2 Å². The highest BCUT2D eigenvalue weighted by molar-refractivity contribution is 8.06. The smallest absolute Gasteiger partial charge is 0.312 e. The molecule has 6 aromatic carbocycles. The SMILES string of the molecule is O=P1(O)N(S(=O)(=O)c2cc(F)cc(C(F)(F)F)c2)c2ccc3ccccc3c2-c2c(ccc3ccccc23)N1S(=O)(=O)c1cc(F)cc(C(F)(F)F)c1. The number of anilines is 2. The highest BCUT2D eigenvalue weighted by Gasteiger charge is 2.54. The first-order chi connectivity index (χ1) is 24.6. The fourth-order valence-corrected chi connectivity index (χ4v) is 12.9. The molecule has 19 heteroatoms. The van der Waals surface area contributed by atoms with E-state index in [0.717, 1.165) is 12.1 Å². The van der Waals surface area contributed by atoms with Crippen molar-refractivity contribution in [1.82, 2.24) is 0 Å². The van der Waals surface area contributed by atoms with Crippen LogP contribution in [0.1, 0.15) is 11.1 Å². The Morgan fingerprint density at radius 2 is 0.887 bits per heavy atom. The van der Waals surface area contributed by atoms with Crippen LogP contribution in [0, 0.1) is 11.6 Å². The predicted octanol–water partition coefficient (Wildman–Crippen LogP) is 9.48. The number of benzene rings is 6. The monoisotopic (exact) mass is 798 g/mol. The van der Waals surface area contributed by atoms with Crippen molar-refractivity contribution in [2.45, 2.75) is 22.1 Å². The Kier molecular flexibility index (Phi) is 8.22. The molecule has 1 heterocycles. The molecule has 0 fully saturated rings. The van der Waals surface area contributed by atoms with Gasteiger partial charge < -0.3 is 4.89 Å². The lowest BCUT2D eigenvalue weighted by Gasteiger charge is -2.34. The number of hydrogen-bond acceptors (Lipinski definition) is 5. The zero-order valence-electron chi connectivity index (χ0n) is 26.1. The second-order valence-electron chi connectivity index (χ2n) is 11.7. The Bertz CT molecular complexity index is 2610.